The van der Waals surface area contributed by atoms with E-state index in [-0.39, 0.29) is 0 Å². The predicted molar refractivity (Wildman–Crippen MR) is 85.1 cm³/mol. The fourth-order valence-corrected chi connectivity index (χ4v) is 3.25. The van der Waals surface area contributed by atoms with E-state index in [9.17, 15) is 5.11 Å². The maximum absolute atomic E-state index is 9.72. The van der Waals surface area contributed by atoms with Crippen LogP contribution >= 0.6 is 0 Å². The van der Waals surface area contributed by atoms with Crippen molar-refractivity contribution < 1.29 is 5.11 Å². The first-order chi connectivity index (χ1) is 9.74. The van der Waals surface area contributed by atoms with E-state index in [0.29, 0.717) is 11.8 Å². The van der Waals surface area contributed by atoms with Crippen LogP contribution in [0.4, 0.5) is 0 Å². The van der Waals surface area contributed by atoms with Crippen LogP contribution in [0.3, 0.4) is 0 Å². The summed E-state index contributed by atoms with van der Waals surface area (Å²) in [7, 11) is 0. The van der Waals surface area contributed by atoms with Crippen LogP contribution in [0, 0.1) is 5.92 Å². The summed E-state index contributed by atoms with van der Waals surface area (Å²) in [4.78, 5) is 0. The molecule has 0 saturated carbocycles. The highest BCUT2D eigenvalue weighted by Crippen LogP contribution is 2.32. The van der Waals surface area contributed by atoms with E-state index < -0.39 is 0 Å². The van der Waals surface area contributed by atoms with Gasteiger partial charge in [0.15, 0.2) is 0 Å². The Hall–Kier alpha value is -1.02. The van der Waals surface area contributed by atoms with Crippen molar-refractivity contribution in [1.82, 2.24) is 5.32 Å². The van der Waals surface area contributed by atoms with Crippen molar-refractivity contribution >= 4 is 0 Å². The maximum atomic E-state index is 9.72. The summed E-state index contributed by atoms with van der Waals surface area (Å²) in [6.45, 7) is 5.67. The average Bonchev–Trinajstić information content (AvgIpc) is 2.47. The minimum absolute atomic E-state index is 0.399. The third kappa shape index (κ3) is 3.99. The van der Waals surface area contributed by atoms with Gasteiger partial charge in [-0.1, -0.05) is 39.2 Å². The number of aryl methyl sites for hydroxylation is 1. The number of phenols is 1. The Morgan fingerprint density at radius 2 is 2.20 bits per heavy atom. The van der Waals surface area contributed by atoms with Gasteiger partial charge < -0.3 is 10.4 Å². The quantitative estimate of drug-likeness (QED) is 0.763. The van der Waals surface area contributed by atoms with Crippen LogP contribution in [0.15, 0.2) is 18.2 Å². The molecule has 1 aliphatic rings. The normalized spacial score (nSPS) is 19.6. The van der Waals surface area contributed by atoms with E-state index in [4.69, 9.17) is 0 Å². The molecule has 1 aromatic rings. The molecule has 0 heterocycles. The summed E-state index contributed by atoms with van der Waals surface area (Å²) >= 11 is 0. The molecule has 2 rings (SSSR count). The molecular weight excluding hydrogens is 246 g/mol. The minimum atomic E-state index is 0.399. The number of fused-ring (bicyclic) bond motifs is 1. The highest BCUT2D eigenvalue weighted by Gasteiger charge is 2.21. The molecule has 0 fully saturated rings. The van der Waals surface area contributed by atoms with Crippen molar-refractivity contribution in [2.45, 2.75) is 64.8 Å². The second-order valence-corrected chi connectivity index (χ2v) is 6.15. The van der Waals surface area contributed by atoms with Gasteiger partial charge in [0.25, 0.3) is 0 Å². The molecule has 0 saturated heterocycles. The summed E-state index contributed by atoms with van der Waals surface area (Å²) in [5, 5.41) is 13.5. The Labute approximate surface area is 123 Å². The summed E-state index contributed by atoms with van der Waals surface area (Å²) in [6, 6.07) is 6.30. The van der Waals surface area contributed by atoms with E-state index >= 15 is 0 Å². The Balaban J connectivity index is 1.95. The van der Waals surface area contributed by atoms with Crippen LogP contribution in [0.1, 0.15) is 69.5 Å². The number of rotatable bonds is 7. The molecule has 0 radical (unpaired) electrons. The van der Waals surface area contributed by atoms with Crippen molar-refractivity contribution in [3.8, 4) is 5.75 Å². The van der Waals surface area contributed by atoms with E-state index in [1.807, 2.05) is 12.1 Å². The highest BCUT2D eigenvalue weighted by molar-refractivity contribution is 5.38. The van der Waals surface area contributed by atoms with Crippen molar-refractivity contribution in [1.29, 1.82) is 0 Å². The lowest BCUT2D eigenvalue weighted by atomic mass is 9.87. The van der Waals surface area contributed by atoms with Crippen molar-refractivity contribution in [2.75, 3.05) is 6.54 Å². The average molecular weight is 275 g/mol. The highest BCUT2D eigenvalue weighted by atomic mass is 16.3. The van der Waals surface area contributed by atoms with Gasteiger partial charge in [0.2, 0.25) is 0 Å². The van der Waals surface area contributed by atoms with Crippen LogP contribution in [-0.4, -0.2) is 11.7 Å². The van der Waals surface area contributed by atoms with Gasteiger partial charge in [0.05, 0.1) is 0 Å². The lowest BCUT2D eigenvalue weighted by molar-refractivity contribution is 0.369. The number of unbranched alkanes of at least 4 members (excludes halogenated alkanes) is 1. The molecule has 0 bridgehead atoms. The minimum Gasteiger partial charge on any atom is -0.508 e. The van der Waals surface area contributed by atoms with E-state index in [0.717, 1.165) is 18.9 Å². The zero-order valence-corrected chi connectivity index (χ0v) is 13.0. The van der Waals surface area contributed by atoms with Gasteiger partial charge in [-0.2, -0.15) is 0 Å². The lowest BCUT2D eigenvalue weighted by Crippen LogP contribution is -2.29. The number of hydrogen-bond acceptors (Lipinski definition) is 2. The zero-order valence-electron chi connectivity index (χ0n) is 13.0. The third-order valence-corrected chi connectivity index (χ3v) is 4.64. The zero-order chi connectivity index (χ0) is 14.4. The van der Waals surface area contributed by atoms with E-state index in [1.54, 1.807) is 0 Å². The Kier molecular flexibility index (Phi) is 5.90. The molecule has 1 aromatic carbocycles. The number of hydrogen-bond donors (Lipinski definition) is 2. The van der Waals surface area contributed by atoms with Crippen LogP contribution in [0.5, 0.6) is 5.75 Å². The predicted octanol–water partition coefficient (Wildman–Crippen LogP) is 4.58. The molecule has 1 aliphatic carbocycles. The second kappa shape index (κ2) is 7.68. The summed E-state index contributed by atoms with van der Waals surface area (Å²) < 4.78 is 0. The van der Waals surface area contributed by atoms with Crippen molar-refractivity contribution in [3.05, 3.63) is 29.3 Å². The molecule has 0 aromatic heterocycles. The molecule has 2 atom stereocenters. The standard InChI is InChI=1S/C18H29NO/c1-3-5-7-14(4-2)13-19-18-9-6-8-15-10-11-16(20)12-17(15)18/h10-12,14,18-20H,3-9,13H2,1-2H3. The van der Waals surface area contributed by atoms with Crippen LogP contribution in [0.25, 0.3) is 0 Å². The molecule has 0 aliphatic heterocycles. The first kappa shape index (κ1) is 15.4. The van der Waals surface area contributed by atoms with Gasteiger partial charge >= 0.3 is 0 Å². The van der Waals surface area contributed by atoms with Gasteiger partial charge in [0, 0.05) is 6.04 Å². The van der Waals surface area contributed by atoms with Crippen molar-refractivity contribution in [2.24, 2.45) is 5.92 Å². The van der Waals surface area contributed by atoms with E-state index in [1.165, 1.54) is 49.7 Å². The molecule has 112 valence electrons. The van der Waals surface area contributed by atoms with Gasteiger partial charge in [-0.3, -0.25) is 0 Å². The number of aromatic hydroxyl groups is 1. The molecule has 20 heavy (non-hydrogen) atoms. The molecule has 2 nitrogen and oxygen atoms in total. The SMILES string of the molecule is CCCCC(CC)CNC1CCCc2ccc(O)cc21. The van der Waals surface area contributed by atoms with Crippen LogP contribution in [-0.2, 0) is 6.42 Å². The molecular formula is C18H29NO. The first-order valence-electron chi connectivity index (χ1n) is 8.29. The Morgan fingerprint density at radius 3 is 2.95 bits per heavy atom. The topological polar surface area (TPSA) is 32.3 Å². The van der Waals surface area contributed by atoms with Crippen molar-refractivity contribution in [3.63, 3.8) is 0 Å². The maximum Gasteiger partial charge on any atom is 0.115 e. The smallest absolute Gasteiger partial charge is 0.115 e. The molecule has 2 heteroatoms. The van der Waals surface area contributed by atoms with Crippen LogP contribution in [0.2, 0.25) is 0 Å². The number of phenolic OH excluding ortho intramolecular Hbond substituents is 1. The van der Waals surface area contributed by atoms with Gasteiger partial charge in [-0.25, -0.2) is 0 Å². The molecule has 0 spiro atoms. The summed E-state index contributed by atoms with van der Waals surface area (Å²) in [5.74, 6) is 1.19. The fraction of sp³-hybridized carbons (Fsp3) is 0.667. The molecule has 2 unspecified atom stereocenters. The Morgan fingerprint density at radius 1 is 1.35 bits per heavy atom. The Bertz CT molecular complexity index is 416. The second-order valence-electron chi connectivity index (χ2n) is 6.15. The summed E-state index contributed by atoms with van der Waals surface area (Å²) in [5.41, 5.74) is 2.73. The van der Waals surface area contributed by atoms with Gasteiger partial charge in [-0.05, 0) is 61.4 Å². The van der Waals surface area contributed by atoms with Gasteiger partial charge in [-0.15, -0.1) is 0 Å². The largest absolute Gasteiger partial charge is 0.508 e. The number of nitrogens with one attached hydrogen (secondary N) is 1. The van der Waals surface area contributed by atoms with E-state index in [2.05, 4.69) is 25.2 Å². The third-order valence-electron chi connectivity index (χ3n) is 4.64. The molecule has 2 N–H and O–H groups in total. The summed E-state index contributed by atoms with van der Waals surface area (Å²) in [6.07, 6.45) is 8.81. The molecule has 0 amide bonds. The van der Waals surface area contributed by atoms with Gasteiger partial charge in [0.1, 0.15) is 5.75 Å². The lowest BCUT2D eigenvalue weighted by Gasteiger charge is -2.28. The van der Waals surface area contributed by atoms with Crippen LogP contribution < -0.4 is 5.32 Å². The fourth-order valence-electron chi connectivity index (χ4n) is 3.25. The number of benzene rings is 1. The monoisotopic (exact) mass is 275 g/mol. The first-order valence-corrected chi connectivity index (χ1v) is 8.29.